The zero-order valence-corrected chi connectivity index (χ0v) is 7.13. The van der Waals surface area contributed by atoms with Crippen LogP contribution in [-0.2, 0) is 4.79 Å². The number of halogens is 1. The van der Waals surface area contributed by atoms with Gasteiger partial charge in [-0.1, -0.05) is 0 Å². The maximum Gasteiger partial charge on any atom is 0.225 e. The van der Waals surface area contributed by atoms with E-state index in [1.807, 2.05) is 4.90 Å². The van der Waals surface area contributed by atoms with E-state index in [1.165, 1.54) is 0 Å². The molecule has 12 heavy (non-hydrogen) atoms. The molecule has 3 heteroatoms. The summed E-state index contributed by atoms with van der Waals surface area (Å²) in [6.07, 6.45) is 2.51. The van der Waals surface area contributed by atoms with Gasteiger partial charge in [0.1, 0.15) is 6.17 Å². The van der Waals surface area contributed by atoms with Crippen molar-refractivity contribution in [3.8, 4) is 0 Å². The summed E-state index contributed by atoms with van der Waals surface area (Å²) in [5.74, 6) is 0.558. The number of hydrogen-bond acceptors (Lipinski definition) is 1. The van der Waals surface area contributed by atoms with Crippen molar-refractivity contribution in [2.45, 2.75) is 31.9 Å². The fourth-order valence-corrected chi connectivity index (χ4v) is 1.66. The third-order valence-electron chi connectivity index (χ3n) is 2.66. The lowest BCUT2D eigenvalue weighted by atomic mass is 10.1. The van der Waals surface area contributed by atoms with Crippen LogP contribution in [0.15, 0.2) is 0 Å². The summed E-state index contributed by atoms with van der Waals surface area (Å²) >= 11 is 0. The standard InChI is InChI=1S/C9H14FNO/c10-8-3-5-11(6-4-8)9(12)7-1-2-7/h7-8H,1-6H2. The molecule has 2 rings (SSSR count). The molecule has 1 heterocycles. The molecule has 0 N–H and O–H groups in total. The molecular formula is C9H14FNO. The Morgan fingerprint density at radius 1 is 1.17 bits per heavy atom. The second-order valence-corrected chi connectivity index (χ2v) is 3.77. The fourth-order valence-electron chi connectivity index (χ4n) is 1.66. The Balaban J connectivity index is 1.84. The number of alkyl halides is 1. The summed E-state index contributed by atoms with van der Waals surface area (Å²) in [5.41, 5.74) is 0. The Bertz CT molecular complexity index is 183. The molecule has 2 aliphatic rings. The number of rotatable bonds is 1. The van der Waals surface area contributed by atoms with Crippen molar-refractivity contribution in [1.82, 2.24) is 4.90 Å². The summed E-state index contributed by atoms with van der Waals surface area (Å²) < 4.78 is 12.7. The number of piperidine rings is 1. The van der Waals surface area contributed by atoms with E-state index in [0.29, 0.717) is 31.8 Å². The van der Waals surface area contributed by atoms with Crippen molar-refractivity contribution in [3.05, 3.63) is 0 Å². The summed E-state index contributed by atoms with van der Waals surface area (Å²) in [4.78, 5) is 13.3. The first-order valence-corrected chi connectivity index (χ1v) is 4.70. The monoisotopic (exact) mass is 171 g/mol. The molecule has 2 nitrogen and oxygen atoms in total. The zero-order valence-electron chi connectivity index (χ0n) is 7.13. The molecule has 0 spiro atoms. The van der Waals surface area contributed by atoms with Crippen LogP contribution in [-0.4, -0.2) is 30.1 Å². The summed E-state index contributed by atoms with van der Waals surface area (Å²) in [6.45, 7) is 1.27. The van der Waals surface area contributed by atoms with Gasteiger partial charge in [0, 0.05) is 19.0 Å². The van der Waals surface area contributed by atoms with E-state index in [0.717, 1.165) is 12.8 Å². The Morgan fingerprint density at radius 2 is 1.75 bits per heavy atom. The molecule has 0 unspecified atom stereocenters. The van der Waals surface area contributed by atoms with Crippen molar-refractivity contribution in [3.63, 3.8) is 0 Å². The van der Waals surface area contributed by atoms with Gasteiger partial charge in [0.25, 0.3) is 0 Å². The van der Waals surface area contributed by atoms with Gasteiger partial charge in [0.15, 0.2) is 0 Å². The predicted molar refractivity (Wildman–Crippen MR) is 43.4 cm³/mol. The van der Waals surface area contributed by atoms with Crippen LogP contribution in [0.4, 0.5) is 4.39 Å². The van der Waals surface area contributed by atoms with E-state index in [4.69, 9.17) is 0 Å². The average molecular weight is 171 g/mol. The molecule has 0 aromatic rings. The van der Waals surface area contributed by atoms with E-state index < -0.39 is 6.17 Å². The molecule has 1 saturated heterocycles. The largest absolute Gasteiger partial charge is 0.342 e. The van der Waals surface area contributed by atoms with Crippen molar-refractivity contribution in [2.75, 3.05) is 13.1 Å². The Kier molecular flexibility index (Phi) is 2.03. The van der Waals surface area contributed by atoms with Crippen LogP contribution in [0.1, 0.15) is 25.7 Å². The van der Waals surface area contributed by atoms with E-state index >= 15 is 0 Å². The summed E-state index contributed by atoms with van der Waals surface area (Å²) in [5, 5.41) is 0. The minimum Gasteiger partial charge on any atom is -0.342 e. The van der Waals surface area contributed by atoms with Gasteiger partial charge in [-0.25, -0.2) is 4.39 Å². The smallest absolute Gasteiger partial charge is 0.225 e. The molecule has 0 atom stereocenters. The number of amides is 1. The van der Waals surface area contributed by atoms with Crippen LogP contribution < -0.4 is 0 Å². The van der Waals surface area contributed by atoms with Crippen molar-refractivity contribution >= 4 is 5.91 Å². The third-order valence-corrected chi connectivity index (χ3v) is 2.66. The topological polar surface area (TPSA) is 20.3 Å². The number of nitrogens with zero attached hydrogens (tertiary/aromatic N) is 1. The average Bonchev–Trinajstić information content (AvgIpc) is 2.87. The quantitative estimate of drug-likeness (QED) is 0.583. The lowest BCUT2D eigenvalue weighted by Crippen LogP contribution is -2.39. The molecule has 0 bridgehead atoms. The molecule has 1 aliphatic heterocycles. The van der Waals surface area contributed by atoms with E-state index in [1.54, 1.807) is 0 Å². The lowest BCUT2D eigenvalue weighted by molar-refractivity contribution is -0.134. The summed E-state index contributed by atoms with van der Waals surface area (Å²) in [6, 6.07) is 0. The Labute approximate surface area is 71.7 Å². The molecule has 68 valence electrons. The van der Waals surface area contributed by atoms with Gasteiger partial charge in [-0.3, -0.25) is 4.79 Å². The van der Waals surface area contributed by atoms with E-state index in [-0.39, 0.29) is 5.91 Å². The minimum atomic E-state index is -0.673. The first-order valence-electron chi connectivity index (χ1n) is 4.70. The third kappa shape index (κ3) is 1.59. The van der Waals surface area contributed by atoms with E-state index in [2.05, 4.69) is 0 Å². The zero-order chi connectivity index (χ0) is 8.55. The van der Waals surface area contributed by atoms with Crippen LogP contribution in [0.3, 0.4) is 0 Å². The number of likely N-dealkylation sites (tertiary alicyclic amines) is 1. The first-order chi connectivity index (χ1) is 5.77. The highest BCUT2D eigenvalue weighted by atomic mass is 19.1. The number of hydrogen-bond donors (Lipinski definition) is 0. The second kappa shape index (κ2) is 3.04. The lowest BCUT2D eigenvalue weighted by Gasteiger charge is -2.28. The van der Waals surface area contributed by atoms with Crippen LogP contribution in [0.2, 0.25) is 0 Å². The highest BCUT2D eigenvalue weighted by molar-refractivity contribution is 5.81. The van der Waals surface area contributed by atoms with Crippen LogP contribution in [0.5, 0.6) is 0 Å². The van der Waals surface area contributed by atoms with Crippen LogP contribution in [0.25, 0.3) is 0 Å². The number of carbonyl (C=O) groups excluding carboxylic acids is 1. The van der Waals surface area contributed by atoms with Gasteiger partial charge < -0.3 is 4.90 Å². The van der Waals surface area contributed by atoms with Crippen LogP contribution in [0, 0.1) is 5.92 Å². The molecule has 1 aliphatic carbocycles. The van der Waals surface area contributed by atoms with Gasteiger partial charge in [-0.15, -0.1) is 0 Å². The molecule has 1 saturated carbocycles. The van der Waals surface area contributed by atoms with Crippen molar-refractivity contribution < 1.29 is 9.18 Å². The van der Waals surface area contributed by atoms with E-state index in [9.17, 15) is 9.18 Å². The first kappa shape index (κ1) is 8.02. The maximum atomic E-state index is 12.7. The predicted octanol–water partition coefficient (Wildman–Crippen LogP) is 1.36. The molecule has 0 aromatic heterocycles. The molecule has 0 radical (unpaired) electrons. The van der Waals surface area contributed by atoms with Gasteiger partial charge in [-0.2, -0.15) is 0 Å². The van der Waals surface area contributed by atoms with Crippen LogP contribution >= 0.6 is 0 Å². The SMILES string of the molecule is O=C(C1CC1)N1CCC(F)CC1. The molecule has 1 amide bonds. The maximum absolute atomic E-state index is 12.7. The van der Waals surface area contributed by atoms with Gasteiger partial charge in [-0.05, 0) is 25.7 Å². The van der Waals surface area contributed by atoms with Crippen molar-refractivity contribution in [2.24, 2.45) is 5.92 Å². The summed E-state index contributed by atoms with van der Waals surface area (Å²) in [7, 11) is 0. The number of carbonyl (C=O) groups is 1. The Morgan fingerprint density at radius 3 is 2.25 bits per heavy atom. The molecule has 0 aromatic carbocycles. The van der Waals surface area contributed by atoms with Crippen molar-refractivity contribution in [1.29, 1.82) is 0 Å². The van der Waals surface area contributed by atoms with Gasteiger partial charge in [0.05, 0.1) is 0 Å². The second-order valence-electron chi connectivity index (χ2n) is 3.77. The van der Waals surface area contributed by atoms with Gasteiger partial charge >= 0.3 is 0 Å². The normalized spacial score (nSPS) is 25.9. The molecule has 2 fully saturated rings. The van der Waals surface area contributed by atoms with Gasteiger partial charge in [0.2, 0.25) is 5.91 Å². The minimum absolute atomic E-state index is 0.266. The Hall–Kier alpha value is -0.600. The molecular weight excluding hydrogens is 157 g/mol. The highest BCUT2D eigenvalue weighted by Gasteiger charge is 2.34. The fraction of sp³-hybridized carbons (Fsp3) is 0.889. The highest BCUT2D eigenvalue weighted by Crippen LogP contribution is 2.32.